The lowest BCUT2D eigenvalue weighted by Crippen LogP contribution is -2.55. The summed E-state index contributed by atoms with van der Waals surface area (Å²) >= 11 is 0. The van der Waals surface area contributed by atoms with Crippen LogP contribution in [0.2, 0.25) is 0 Å². The van der Waals surface area contributed by atoms with Gasteiger partial charge in [0.15, 0.2) is 0 Å². The van der Waals surface area contributed by atoms with Gasteiger partial charge in [0.1, 0.15) is 0 Å². The van der Waals surface area contributed by atoms with Crippen LogP contribution >= 0.6 is 0 Å². The average Bonchev–Trinajstić information content (AvgIpc) is 2.57. The van der Waals surface area contributed by atoms with Crippen LogP contribution < -0.4 is 5.32 Å². The molecule has 0 radical (unpaired) electrons. The first-order chi connectivity index (χ1) is 7.95. The molecule has 1 saturated carbocycles. The normalized spacial score (nSPS) is 42.9. The van der Waals surface area contributed by atoms with Gasteiger partial charge in [0.05, 0.1) is 0 Å². The number of likely N-dealkylation sites (N-methyl/N-ethyl adjacent to an activating group) is 1. The third-order valence-corrected chi connectivity index (χ3v) is 5.21. The maximum atomic E-state index is 3.60. The Morgan fingerprint density at radius 1 is 1.12 bits per heavy atom. The van der Waals surface area contributed by atoms with E-state index in [2.05, 4.69) is 45.0 Å². The number of hydrogen-bond donors (Lipinski definition) is 1. The Morgan fingerprint density at radius 3 is 2.47 bits per heavy atom. The summed E-state index contributed by atoms with van der Waals surface area (Å²) in [5.41, 5.74) is 0.458. The van der Waals surface area contributed by atoms with Gasteiger partial charge in [-0.25, -0.2) is 0 Å². The molecule has 2 nitrogen and oxygen atoms in total. The van der Waals surface area contributed by atoms with Crippen molar-refractivity contribution in [2.24, 2.45) is 11.3 Å². The Labute approximate surface area is 107 Å². The molecule has 1 N–H and O–H groups in total. The zero-order valence-corrected chi connectivity index (χ0v) is 12.3. The van der Waals surface area contributed by atoms with Gasteiger partial charge in [-0.15, -0.1) is 0 Å². The molecule has 4 unspecified atom stereocenters. The van der Waals surface area contributed by atoms with Crippen molar-refractivity contribution in [3.05, 3.63) is 0 Å². The molecule has 0 aromatic heterocycles. The number of nitrogens with zero attached hydrogens (tertiary/aromatic N) is 1. The van der Waals surface area contributed by atoms with Gasteiger partial charge in [-0.2, -0.15) is 0 Å². The molecule has 17 heavy (non-hydrogen) atoms. The Hall–Kier alpha value is -0.0800. The van der Waals surface area contributed by atoms with Crippen LogP contribution in [0.5, 0.6) is 0 Å². The van der Waals surface area contributed by atoms with Gasteiger partial charge in [0, 0.05) is 24.7 Å². The third-order valence-electron chi connectivity index (χ3n) is 5.21. The van der Waals surface area contributed by atoms with E-state index in [4.69, 9.17) is 0 Å². The molecule has 1 heterocycles. The van der Waals surface area contributed by atoms with E-state index in [9.17, 15) is 0 Å². The molecule has 100 valence electrons. The van der Waals surface area contributed by atoms with Crippen LogP contribution in [-0.4, -0.2) is 36.6 Å². The van der Waals surface area contributed by atoms with Crippen LogP contribution in [0.3, 0.4) is 0 Å². The van der Waals surface area contributed by atoms with Crippen molar-refractivity contribution in [3.8, 4) is 0 Å². The lowest BCUT2D eigenvalue weighted by molar-refractivity contribution is 0.0576. The van der Waals surface area contributed by atoms with Gasteiger partial charge in [-0.3, -0.25) is 4.90 Å². The van der Waals surface area contributed by atoms with Gasteiger partial charge in [0.2, 0.25) is 0 Å². The molecule has 4 atom stereocenters. The van der Waals surface area contributed by atoms with Crippen LogP contribution in [0.1, 0.15) is 53.4 Å². The lowest BCUT2D eigenvalue weighted by atomic mass is 9.85. The summed E-state index contributed by atoms with van der Waals surface area (Å²) in [5.74, 6) is 0.882. The highest BCUT2D eigenvalue weighted by Gasteiger charge is 2.45. The van der Waals surface area contributed by atoms with Crippen molar-refractivity contribution in [2.45, 2.75) is 71.5 Å². The molecule has 0 aromatic carbocycles. The van der Waals surface area contributed by atoms with E-state index in [0.29, 0.717) is 11.5 Å². The summed E-state index contributed by atoms with van der Waals surface area (Å²) in [6.07, 6.45) is 5.53. The van der Waals surface area contributed by atoms with Crippen LogP contribution in [0.4, 0.5) is 0 Å². The van der Waals surface area contributed by atoms with E-state index in [1.54, 1.807) is 0 Å². The Bertz CT molecular complexity index is 262. The first kappa shape index (κ1) is 13.4. The predicted octanol–water partition coefficient (Wildman–Crippen LogP) is 2.88. The molecule has 0 aromatic rings. The smallest absolute Gasteiger partial charge is 0.0271 e. The number of piperidine rings is 1. The second-order valence-corrected chi connectivity index (χ2v) is 7.09. The zero-order valence-electron chi connectivity index (χ0n) is 12.3. The second kappa shape index (κ2) is 4.89. The Balaban J connectivity index is 2.10. The highest BCUT2D eigenvalue weighted by atomic mass is 15.2. The van der Waals surface area contributed by atoms with Crippen molar-refractivity contribution in [1.82, 2.24) is 10.2 Å². The fourth-order valence-electron chi connectivity index (χ4n) is 4.09. The summed E-state index contributed by atoms with van der Waals surface area (Å²) in [5, 5.41) is 3.60. The van der Waals surface area contributed by atoms with Crippen LogP contribution in [0.25, 0.3) is 0 Å². The monoisotopic (exact) mass is 238 g/mol. The molecule has 0 amide bonds. The largest absolute Gasteiger partial charge is 0.315 e. The van der Waals surface area contributed by atoms with Crippen LogP contribution in [-0.2, 0) is 0 Å². The van der Waals surface area contributed by atoms with Crippen molar-refractivity contribution in [2.75, 3.05) is 13.6 Å². The molecule has 0 spiro atoms. The minimum absolute atomic E-state index is 0.458. The molecule has 2 heteroatoms. The summed E-state index contributed by atoms with van der Waals surface area (Å²) in [7, 11) is 2.14. The number of nitrogens with one attached hydrogen (secondary N) is 1. The fourth-order valence-corrected chi connectivity index (χ4v) is 4.09. The number of hydrogen-bond acceptors (Lipinski definition) is 2. The van der Waals surface area contributed by atoms with E-state index in [1.807, 2.05) is 0 Å². The Kier molecular flexibility index (Phi) is 3.84. The number of rotatable bonds is 2. The zero-order chi connectivity index (χ0) is 12.6. The molecular weight excluding hydrogens is 208 g/mol. The Morgan fingerprint density at radius 2 is 1.82 bits per heavy atom. The van der Waals surface area contributed by atoms with Crippen LogP contribution in [0.15, 0.2) is 0 Å². The predicted molar refractivity (Wildman–Crippen MR) is 74.2 cm³/mol. The van der Waals surface area contributed by atoms with E-state index in [-0.39, 0.29) is 0 Å². The fraction of sp³-hybridized carbons (Fsp3) is 1.00. The molecule has 1 aliphatic carbocycles. The highest BCUT2D eigenvalue weighted by molar-refractivity contribution is 5.02. The van der Waals surface area contributed by atoms with Gasteiger partial charge < -0.3 is 5.32 Å². The minimum atomic E-state index is 0.458. The molecule has 2 aliphatic rings. The number of likely N-dealkylation sites (tertiary alicyclic amines) is 1. The molecule has 2 fully saturated rings. The molecule has 2 rings (SSSR count). The average molecular weight is 238 g/mol. The summed E-state index contributed by atoms with van der Waals surface area (Å²) in [6.45, 7) is 11.0. The molecule has 1 saturated heterocycles. The lowest BCUT2D eigenvalue weighted by Gasteiger charge is -2.44. The van der Waals surface area contributed by atoms with Gasteiger partial charge in [-0.05, 0) is 51.0 Å². The topological polar surface area (TPSA) is 15.3 Å². The van der Waals surface area contributed by atoms with E-state index in [0.717, 1.165) is 18.0 Å². The van der Waals surface area contributed by atoms with E-state index < -0.39 is 0 Å². The molecule has 0 bridgehead atoms. The summed E-state index contributed by atoms with van der Waals surface area (Å²) in [4.78, 5) is 2.80. The SMILES string of the molecule is CNC1C(N2CC(C)CCC2C)CCC1(C)C. The third kappa shape index (κ3) is 2.53. The first-order valence-corrected chi connectivity index (χ1v) is 7.38. The molecule has 1 aliphatic heterocycles. The van der Waals surface area contributed by atoms with Crippen molar-refractivity contribution >= 4 is 0 Å². The summed E-state index contributed by atoms with van der Waals surface area (Å²) in [6, 6.07) is 2.20. The van der Waals surface area contributed by atoms with E-state index >= 15 is 0 Å². The summed E-state index contributed by atoms with van der Waals surface area (Å²) < 4.78 is 0. The van der Waals surface area contributed by atoms with Crippen molar-refractivity contribution in [3.63, 3.8) is 0 Å². The van der Waals surface area contributed by atoms with Gasteiger partial charge in [0.25, 0.3) is 0 Å². The van der Waals surface area contributed by atoms with Gasteiger partial charge >= 0.3 is 0 Å². The van der Waals surface area contributed by atoms with Crippen molar-refractivity contribution in [1.29, 1.82) is 0 Å². The van der Waals surface area contributed by atoms with Crippen LogP contribution in [0, 0.1) is 11.3 Å². The van der Waals surface area contributed by atoms with Crippen molar-refractivity contribution < 1.29 is 0 Å². The maximum absolute atomic E-state index is 3.60. The standard InChI is InChI=1S/C15H30N2/c1-11-6-7-12(2)17(10-11)13-8-9-15(3,4)14(13)16-5/h11-14,16H,6-10H2,1-5H3. The molecular formula is C15H30N2. The highest BCUT2D eigenvalue weighted by Crippen LogP contribution is 2.41. The first-order valence-electron chi connectivity index (χ1n) is 7.38. The minimum Gasteiger partial charge on any atom is -0.315 e. The van der Waals surface area contributed by atoms with Gasteiger partial charge in [-0.1, -0.05) is 20.8 Å². The van der Waals surface area contributed by atoms with E-state index in [1.165, 1.54) is 32.2 Å². The quantitative estimate of drug-likeness (QED) is 0.796. The second-order valence-electron chi connectivity index (χ2n) is 7.09. The maximum Gasteiger partial charge on any atom is 0.0271 e.